The van der Waals surface area contributed by atoms with Crippen LogP contribution < -0.4 is 5.32 Å². The summed E-state index contributed by atoms with van der Waals surface area (Å²) in [7, 11) is 0. The topological polar surface area (TPSA) is 71.3 Å². The number of rotatable bonds is 7. The zero-order valence-electron chi connectivity index (χ0n) is 18.8. The summed E-state index contributed by atoms with van der Waals surface area (Å²) in [5.41, 5.74) is 3.54. The van der Waals surface area contributed by atoms with Gasteiger partial charge in [-0.05, 0) is 43.2 Å². The fourth-order valence-electron chi connectivity index (χ4n) is 3.80. The van der Waals surface area contributed by atoms with E-state index in [0.717, 1.165) is 28.8 Å². The number of carbonyl (C=O) groups excluding carboxylic acids is 1. The third-order valence-corrected chi connectivity index (χ3v) is 6.41. The van der Waals surface area contributed by atoms with Crippen molar-refractivity contribution in [1.29, 1.82) is 0 Å². The van der Waals surface area contributed by atoms with Crippen LogP contribution in [-0.2, 0) is 0 Å². The van der Waals surface area contributed by atoms with Gasteiger partial charge in [0.2, 0.25) is 5.82 Å². The zero-order valence-corrected chi connectivity index (χ0v) is 19.6. The first-order valence-electron chi connectivity index (χ1n) is 10.8. The average molecular weight is 449 g/mol. The number of nitrogens with one attached hydrogen (secondary N) is 1. The fourth-order valence-corrected chi connectivity index (χ4v) is 4.21. The molecule has 1 unspecified atom stereocenters. The van der Waals surface area contributed by atoms with Gasteiger partial charge in [-0.15, -0.1) is 11.8 Å². The summed E-state index contributed by atoms with van der Waals surface area (Å²) in [6, 6.07) is 17.5. The van der Waals surface area contributed by atoms with Crippen LogP contribution in [0.5, 0.6) is 0 Å². The molecule has 2 aromatic carbocycles. The smallest absolute Gasteiger partial charge is 0.322 e. The molecule has 32 heavy (non-hydrogen) atoms. The van der Waals surface area contributed by atoms with E-state index >= 15 is 0 Å². The van der Waals surface area contributed by atoms with Crippen molar-refractivity contribution >= 4 is 23.4 Å². The van der Waals surface area contributed by atoms with Crippen molar-refractivity contribution in [2.75, 3.05) is 12.8 Å². The van der Waals surface area contributed by atoms with Gasteiger partial charge < -0.3 is 9.84 Å². The standard InChI is InChI=1S/C25H28N4O2S/c1-16(2)14-15-29-17(3)21(24-27-23(28-31-24)19-8-6-5-7-9-19)22(26-25(29)30)18-10-12-20(32-4)13-11-18/h5-13,16,22H,14-15H2,1-4H3,(H,26,30). The van der Waals surface area contributed by atoms with Crippen LogP contribution in [0.25, 0.3) is 17.0 Å². The second kappa shape index (κ2) is 9.61. The van der Waals surface area contributed by atoms with Gasteiger partial charge in [-0.25, -0.2) is 4.79 Å². The second-order valence-electron chi connectivity index (χ2n) is 8.28. The maximum absolute atomic E-state index is 13.0. The maximum Gasteiger partial charge on any atom is 0.322 e. The van der Waals surface area contributed by atoms with E-state index in [1.807, 2.05) is 55.6 Å². The lowest BCUT2D eigenvalue weighted by Gasteiger charge is -2.35. The number of hydrogen-bond acceptors (Lipinski definition) is 5. The average Bonchev–Trinajstić information content (AvgIpc) is 3.29. The predicted molar refractivity (Wildman–Crippen MR) is 128 cm³/mol. The minimum absolute atomic E-state index is 0.103. The molecule has 2 amide bonds. The quantitative estimate of drug-likeness (QED) is 0.449. The molecule has 0 fully saturated rings. The summed E-state index contributed by atoms with van der Waals surface area (Å²) in [5.74, 6) is 1.45. The number of nitrogens with zero attached hydrogens (tertiary/aromatic N) is 3. The number of amides is 2. The van der Waals surface area contributed by atoms with E-state index in [2.05, 4.69) is 36.5 Å². The van der Waals surface area contributed by atoms with Gasteiger partial charge in [0.15, 0.2) is 0 Å². The fraction of sp³-hybridized carbons (Fsp3) is 0.320. The first kappa shape index (κ1) is 22.1. The largest absolute Gasteiger partial charge is 0.334 e. The third-order valence-electron chi connectivity index (χ3n) is 5.66. The van der Waals surface area contributed by atoms with Crippen LogP contribution in [0.3, 0.4) is 0 Å². The molecule has 1 aliphatic heterocycles. The van der Waals surface area contributed by atoms with Gasteiger partial charge in [0, 0.05) is 22.7 Å². The number of benzene rings is 2. The number of urea groups is 1. The molecule has 0 aliphatic carbocycles. The minimum Gasteiger partial charge on any atom is -0.334 e. The van der Waals surface area contributed by atoms with Crippen molar-refractivity contribution in [3.05, 3.63) is 71.7 Å². The molecule has 6 nitrogen and oxygen atoms in total. The van der Waals surface area contributed by atoms with Crippen LogP contribution >= 0.6 is 11.8 Å². The molecule has 0 radical (unpaired) electrons. The van der Waals surface area contributed by atoms with Gasteiger partial charge in [0.1, 0.15) is 0 Å². The summed E-state index contributed by atoms with van der Waals surface area (Å²) in [6.07, 6.45) is 2.95. The van der Waals surface area contributed by atoms with Crippen molar-refractivity contribution in [1.82, 2.24) is 20.4 Å². The van der Waals surface area contributed by atoms with Crippen molar-refractivity contribution in [2.24, 2.45) is 5.92 Å². The molecule has 4 rings (SSSR count). The lowest BCUT2D eigenvalue weighted by molar-refractivity contribution is 0.202. The third kappa shape index (κ3) is 4.58. The lowest BCUT2D eigenvalue weighted by Crippen LogP contribution is -2.46. The highest BCUT2D eigenvalue weighted by Crippen LogP contribution is 2.38. The number of allylic oxidation sites excluding steroid dienone is 1. The minimum atomic E-state index is -0.363. The second-order valence-corrected chi connectivity index (χ2v) is 9.16. The van der Waals surface area contributed by atoms with Gasteiger partial charge in [-0.1, -0.05) is 61.5 Å². The Balaban J connectivity index is 1.77. The Morgan fingerprint density at radius 3 is 2.50 bits per heavy atom. The van der Waals surface area contributed by atoms with Gasteiger partial charge >= 0.3 is 6.03 Å². The predicted octanol–water partition coefficient (Wildman–Crippen LogP) is 6.00. The van der Waals surface area contributed by atoms with E-state index in [0.29, 0.717) is 24.2 Å². The molecule has 0 saturated carbocycles. The highest BCUT2D eigenvalue weighted by molar-refractivity contribution is 7.98. The Hall–Kier alpha value is -3.06. The first-order chi connectivity index (χ1) is 15.5. The van der Waals surface area contributed by atoms with Crippen LogP contribution in [0, 0.1) is 5.92 Å². The van der Waals surface area contributed by atoms with E-state index in [9.17, 15) is 4.79 Å². The van der Waals surface area contributed by atoms with Crippen LogP contribution in [0.2, 0.25) is 0 Å². The Morgan fingerprint density at radius 1 is 1.12 bits per heavy atom. The highest BCUT2D eigenvalue weighted by Gasteiger charge is 2.35. The Labute approximate surface area is 193 Å². The Morgan fingerprint density at radius 2 is 1.84 bits per heavy atom. The van der Waals surface area contributed by atoms with Crippen molar-refractivity contribution in [2.45, 2.75) is 38.1 Å². The molecule has 1 aromatic heterocycles. The lowest BCUT2D eigenvalue weighted by atomic mass is 9.94. The summed E-state index contributed by atoms with van der Waals surface area (Å²) < 4.78 is 5.73. The Bertz CT molecular complexity index is 1110. The van der Waals surface area contributed by atoms with Crippen LogP contribution in [0.4, 0.5) is 4.79 Å². The molecular formula is C25H28N4O2S. The number of thioether (sulfide) groups is 1. The number of carbonyl (C=O) groups is 1. The number of hydrogen-bond donors (Lipinski definition) is 1. The molecule has 166 valence electrons. The molecule has 0 spiro atoms. The Kier molecular flexibility index (Phi) is 6.65. The molecule has 0 saturated heterocycles. The summed E-state index contributed by atoms with van der Waals surface area (Å²) in [6.45, 7) is 6.91. The van der Waals surface area contributed by atoms with Gasteiger partial charge in [0.05, 0.1) is 11.6 Å². The number of aromatic nitrogens is 2. The molecule has 1 N–H and O–H groups in total. The summed E-state index contributed by atoms with van der Waals surface area (Å²) in [5, 5.41) is 7.38. The van der Waals surface area contributed by atoms with Crippen molar-refractivity contribution in [3.8, 4) is 11.4 Å². The molecule has 0 bridgehead atoms. The van der Waals surface area contributed by atoms with E-state index in [4.69, 9.17) is 9.51 Å². The normalized spacial score (nSPS) is 16.6. The van der Waals surface area contributed by atoms with Gasteiger partial charge in [-0.2, -0.15) is 4.98 Å². The van der Waals surface area contributed by atoms with Crippen LogP contribution in [0.15, 0.2) is 69.7 Å². The monoisotopic (exact) mass is 448 g/mol. The molecule has 1 aliphatic rings. The van der Waals surface area contributed by atoms with Gasteiger partial charge in [-0.3, -0.25) is 4.90 Å². The SMILES string of the molecule is CSc1ccc(C2NC(=O)N(CCC(C)C)C(C)=C2c2nc(-c3ccccc3)no2)cc1. The van der Waals surface area contributed by atoms with Crippen LogP contribution in [0.1, 0.15) is 44.7 Å². The molecule has 2 heterocycles. The maximum atomic E-state index is 13.0. The molecule has 7 heteroatoms. The summed E-state index contributed by atoms with van der Waals surface area (Å²) >= 11 is 1.68. The molecule has 3 aromatic rings. The van der Waals surface area contributed by atoms with E-state index in [1.54, 1.807) is 16.7 Å². The van der Waals surface area contributed by atoms with E-state index in [1.165, 1.54) is 4.90 Å². The van der Waals surface area contributed by atoms with E-state index in [-0.39, 0.29) is 12.1 Å². The molecular weight excluding hydrogens is 420 g/mol. The molecule has 1 atom stereocenters. The zero-order chi connectivity index (χ0) is 22.7. The van der Waals surface area contributed by atoms with Gasteiger partial charge in [0.25, 0.3) is 5.89 Å². The van der Waals surface area contributed by atoms with Crippen molar-refractivity contribution < 1.29 is 9.32 Å². The van der Waals surface area contributed by atoms with Crippen molar-refractivity contribution in [3.63, 3.8) is 0 Å². The van der Waals surface area contributed by atoms with Crippen LogP contribution in [-0.4, -0.2) is 33.9 Å². The van der Waals surface area contributed by atoms with E-state index < -0.39 is 0 Å². The highest BCUT2D eigenvalue weighted by atomic mass is 32.2. The first-order valence-corrected chi connectivity index (χ1v) is 12.0. The summed E-state index contributed by atoms with van der Waals surface area (Å²) in [4.78, 5) is 20.7.